The van der Waals surface area contributed by atoms with Gasteiger partial charge in [0.15, 0.2) is 0 Å². The summed E-state index contributed by atoms with van der Waals surface area (Å²) in [6.07, 6.45) is -3.97. The van der Waals surface area contributed by atoms with E-state index < -0.39 is 11.9 Å². The highest BCUT2D eigenvalue weighted by Gasteiger charge is 2.36. The predicted octanol–water partition coefficient (Wildman–Crippen LogP) is 3.51. The van der Waals surface area contributed by atoms with Crippen LogP contribution in [0.25, 0.3) is 0 Å². The van der Waals surface area contributed by atoms with E-state index in [1.54, 1.807) is 30.3 Å². The van der Waals surface area contributed by atoms with E-state index in [1.807, 2.05) is 0 Å². The van der Waals surface area contributed by atoms with Gasteiger partial charge in [-0.05, 0) is 19.1 Å². The van der Waals surface area contributed by atoms with Crippen LogP contribution in [0.5, 0.6) is 5.75 Å². The van der Waals surface area contributed by atoms with Gasteiger partial charge >= 0.3 is 6.18 Å². The predicted molar refractivity (Wildman–Crippen MR) is 52.8 cm³/mol. The number of alkyl halides is 3. The van der Waals surface area contributed by atoms with Gasteiger partial charge < -0.3 is 9.47 Å². The lowest BCUT2D eigenvalue weighted by Crippen LogP contribution is -2.15. The van der Waals surface area contributed by atoms with Crippen molar-refractivity contribution < 1.29 is 22.6 Å². The van der Waals surface area contributed by atoms with Crippen LogP contribution in [-0.2, 0) is 4.74 Å². The molecule has 0 saturated heterocycles. The maximum atomic E-state index is 12.3. The molecular weight excluding hydrogens is 221 g/mol. The summed E-state index contributed by atoms with van der Waals surface area (Å²) in [6, 6.07) is 8.17. The fourth-order valence-corrected chi connectivity index (χ4v) is 0.959. The summed E-state index contributed by atoms with van der Waals surface area (Å²) in [5.74, 6) is -0.817. The fourth-order valence-electron chi connectivity index (χ4n) is 0.959. The van der Waals surface area contributed by atoms with E-state index in [-0.39, 0.29) is 6.61 Å². The van der Waals surface area contributed by atoms with Crippen molar-refractivity contribution in [3.05, 3.63) is 42.4 Å². The molecule has 5 heteroatoms. The van der Waals surface area contributed by atoms with E-state index in [2.05, 4.69) is 4.74 Å². The van der Waals surface area contributed by atoms with Crippen LogP contribution < -0.4 is 4.74 Å². The molecule has 0 aliphatic rings. The normalized spacial score (nSPS) is 12.4. The van der Waals surface area contributed by atoms with E-state index >= 15 is 0 Å². The van der Waals surface area contributed by atoms with Crippen molar-refractivity contribution in [1.82, 2.24) is 0 Å². The van der Waals surface area contributed by atoms with Crippen LogP contribution in [0.3, 0.4) is 0 Å². The van der Waals surface area contributed by atoms with Crippen molar-refractivity contribution in [2.45, 2.75) is 13.1 Å². The molecular formula is C11H11F3O2. The molecule has 0 heterocycles. The van der Waals surface area contributed by atoms with Gasteiger partial charge in [-0.25, -0.2) is 0 Å². The molecule has 0 N–H and O–H groups in total. The molecule has 1 rings (SSSR count). The first-order valence-corrected chi connectivity index (χ1v) is 4.66. The minimum absolute atomic E-state index is 0.0660. The Bertz CT molecular complexity index is 344. The first kappa shape index (κ1) is 12.4. The van der Waals surface area contributed by atoms with Gasteiger partial charge in [0, 0.05) is 0 Å². The van der Waals surface area contributed by atoms with Gasteiger partial charge in [0.25, 0.3) is 0 Å². The molecule has 0 aliphatic heterocycles. The number of hydrogen-bond acceptors (Lipinski definition) is 2. The largest absolute Gasteiger partial charge is 0.487 e. The molecule has 16 heavy (non-hydrogen) atoms. The summed E-state index contributed by atoms with van der Waals surface area (Å²) in [6.45, 7) is 1.41. The highest BCUT2D eigenvalue weighted by atomic mass is 19.4. The Kier molecular flexibility index (Phi) is 4.22. The monoisotopic (exact) mass is 232 g/mol. The Hall–Kier alpha value is -1.65. The molecule has 0 aliphatic carbocycles. The molecule has 0 aromatic heterocycles. The number of allylic oxidation sites excluding steroid dienone is 1. The highest BCUT2D eigenvalue weighted by molar-refractivity contribution is 5.22. The van der Waals surface area contributed by atoms with Crippen LogP contribution in [-0.4, -0.2) is 12.8 Å². The van der Waals surface area contributed by atoms with Crippen LogP contribution in [0.15, 0.2) is 42.4 Å². The van der Waals surface area contributed by atoms with E-state index in [9.17, 15) is 13.2 Å². The number of rotatable bonds is 4. The maximum absolute atomic E-state index is 12.3. The van der Waals surface area contributed by atoms with Gasteiger partial charge in [0.1, 0.15) is 12.0 Å². The van der Waals surface area contributed by atoms with E-state index in [0.717, 1.165) is 0 Å². The summed E-state index contributed by atoms with van der Waals surface area (Å²) in [7, 11) is 0. The van der Waals surface area contributed by atoms with Crippen molar-refractivity contribution in [3.8, 4) is 5.75 Å². The lowest BCUT2D eigenvalue weighted by atomic mass is 10.3. The second-order valence-corrected chi connectivity index (χ2v) is 2.84. The zero-order valence-electron chi connectivity index (χ0n) is 8.62. The molecule has 0 atom stereocenters. The zero-order chi connectivity index (χ0) is 12.0. The van der Waals surface area contributed by atoms with Gasteiger partial charge in [0.2, 0.25) is 5.76 Å². The van der Waals surface area contributed by atoms with Crippen LogP contribution in [0.2, 0.25) is 0 Å². The van der Waals surface area contributed by atoms with Crippen molar-refractivity contribution in [1.29, 1.82) is 0 Å². The summed E-state index contributed by atoms with van der Waals surface area (Å²) < 4.78 is 46.3. The smallest absolute Gasteiger partial charge is 0.452 e. The number of hydrogen-bond donors (Lipinski definition) is 0. The molecule has 1 aromatic carbocycles. The van der Waals surface area contributed by atoms with Gasteiger partial charge in [-0.2, -0.15) is 13.2 Å². The Balaban J connectivity index is 2.73. The number of halogens is 3. The molecule has 2 nitrogen and oxygen atoms in total. The lowest BCUT2D eigenvalue weighted by molar-refractivity contribution is -0.132. The second-order valence-electron chi connectivity index (χ2n) is 2.84. The molecule has 0 spiro atoms. The topological polar surface area (TPSA) is 18.5 Å². The summed E-state index contributed by atoms with van der Waals surface area (Å²) in [5.41, 5.74) is 0. The van der Waals surface area contributed by atoms with Gasteiger partial charge in [-0.1, -0.05) is 18.2 Å². The quantitative estimate of drug-likeness (QED) is 0.739. The van der Waals surface area contributed by atoms with Crippen LogP contribution in [0.4, 0.5) is 13.2 Å². The molecule has 88 valence electrons. The molecule has 0 radical (unpaired) electrons. The van der Waals surface area contributed by atoms with Gasteiger partial charge in [-0.3, -0.25) is 0 Å². The summed E-state index contributed by atoms with van der Waals surface area (Å²) in [4.78, 5) is 0. The van der Waals surface area contributed by atoms with Crippen molar-refractivity contribution in [3.63, 3.8) is 0 Å². The molecule has 0 bridgehead atoms. The molecule has 0 saturated carbocycles. The minimum Gasteiger partial charge on any atom is -0.487 e. The van der Waals surface area contributed by atoms with Crippen LogP contribution in [0, 0.1) is 0 Å². The minimum atomic E-state index is -4.54. The summed E-state index contributed by atoms with van der Waals surface area (Å²) in [5, 5.41) is 0. The Morgan fingerprint density at radius 1 is 1.25 bits per heavy atom. The van der Waals surface area contributed by atoms with Crippen LogP contribution >= 0.6 is 0 Å². The first-order valence-electron chi connectivity index (χ1n) is 4.66. The maximum Gasteiger partial charge on any atom is 0.452 e. The van der Waals surface area contributed by atoms with Crippen molar-refractivity contribution in [2.24, 2.45) is 0 Å². The number of ether oxygens (including phenoxy) is 2. The summed E-state index contributed by atoms with van der Waals surface area (Å²) >= 11 is 0. The van der Waals surface area contributed by atoms with Crippen LogP contribution in [0.1, 0.15) is 6.92 Å². The first-order chi connectivity index (χ1) is 7.54. The van der Waals surface area contributed by atoms with E-state index in [1.165, 1.54) is 6.92 Å². The highest BCUT2D eigenvalue weighted by Crippen LogP contribution is 2.26. The Morgan fingerprint density at radius 3 is 2.38 bits per heavy atom. The Morgan fingerprint density at radius 2 is 1.88 bits per heavy atom. The SMILES string of the molecule is CCOC(=COc1ccccc1)C(F)(F)F. The fraction of sp³-hybridized carbons (Fsp3) is 0.273. The lowest BCUT2D eigenvalue weighted by Gasteiger charge is -2.11. The molecule has 0 unspecified atom stereocenters. The molecule has 0 amide bonds. The number of para-hydroxylation sites is 1. The molecule has 1 aromatic rings. The Labute approximate surface area is 91.3 Å². The average Bonchev–Trinajstić information content (AvgIpc) is 2.24. The van der Waals surface area contributed by atoms with E-state index in [4.69, 9.17) is 4.74 Å². The van der Waals surface area contributed by atoms with Crippen molar-refractivity contribution >= 4 is 0 Å². The zero-order valence-corrected chi connectivity index (χ0v) is 8.62. The average molecular weight is 232 g/mol. The van der Waals surface area contributed by atoms with E-state index in [0.29, 0.717) is 12.0 Å². The third-order valence-corrected chi connectivity index (χ3v) is 1.62. The standard InChI is InChI=1S/C11H11F3O2/c1-2-15-10(11(12,13)14)8-16-9-6-4-3-5-7-9/h3-8H,2H2,1H3. The third kappa shape index (κ3) is 3.84. The molecule has 0 fully saturated rings. The van der Waals surface area contributed by atoms with Crippen molar-refractivity contribution in [2.75, 3.05) is 6.61 Å². The third-order valence-electron chi connectivity index (χ3n) is 1.62. The second kappa shape index (κ2) is 5.44. The number of benzene rings is 1. The van der Waals surface area contributed by atoms with Gasteiger partial charge in [-0.15, -0.1) is 0 Å². The van der Waals surface area contributed by atoms with Gasteiger partial charge in [0.05, 0.1) is 6.61 Å².